The summed E-state index contributed by atoms with van der Waals surface area (Å²) >= 11 is 0. The number of rotatable bonds is 1. The zero-order chi connectivity index (χ0) is 9.47. The Kier molecular flexibility index (Phi) is 3.01. The maximum atomic E-state index is 11.1. The minimum atomic E-state index is -0.804. The van der Waals surface area contributed by atoms with Crippen LogP contribution in [0.25, 0.3) is 0 Å². The van der Waals surface area contributed by atoms with E-state index in [9.17, 15) is 9.59 Å². The minimum Gasteiger partial charge on any atom is -0.481 e. The summed E-state index contributed by atoms with van der Waals surface area (Å²) in [4.78, 5) is 22.0. The summed E-state index contributed by atoms with van der Waals surface area (Å²) in [5.41, 5.74) is -0.311. The molecule has 0 saturated carbocycles. The largest absolute Gasteiger partial charge is 0.481 e. The molecule has 0 radical (unpaired) electrons. The Morgan fingerprint density at radius 3 is 2.57 bits per heavy atom. The van der Waals surface area contributed by atoms with Gasteiger partial charge in [-0.3, -0.25) is 9.59 Å². The quantitative estimate of drug-likeness (QED) is 0.542. The highest BCUT2D eigenvalue weighted by atomic mass is 35.5. The average molecular weight is 221 g/mol. The molecular formula is C8H13ClN2O3. The first-order valence-corrected chi connectivity index (χ1v) is 4.34. The number of hydrogen-bond donors (Lipinski definition) is 3. The lowest BCUT2D eigenvalue weighted by molar-refractivity contribution is -0.153. The highest BCUT2D eigenvalue weighted by Crippen LogP contribution is 2.38. The maximum Gasteiger partial charge on any atom is 0.308 e. The van der Waals surface area contributed by atoms with Gasteiger partial charge in [0.2, 0.25) is 5.91 Å². The van der Waals surface area contributed by atoms with E-state index in [1.807, 2.05) is 0 Å². The lowest BCUT2D eigenvalue weighted by atomic mass is 9.66. The van der Waals surface area contributed by atoms with Gasteiger partial charge in [0.15, 0.2) is 0 Å². The summed E-state index contributed by atoms with van der Waals surface area (Å²) in [6.45, 7) is 1.57. The van der Waals surface area contributed by atoms with E-state index in [0.29, 0.717) is 19.5 Å². The molecule has 14 heavy (non-hydrogen) atoms. The molecule has 2 fully saturated rings. The molecule has 1 atom stereocenters. The predicted molar refractivity (Wildman–Crippen MR) is 51.3 cm³/mol. The number of amides is 1. The van der Waals surface area contributed by atoms with Gasteiger partial charge in [-0.1, -0.05) is 0 Å². The number of carbonyl (C=O) groups is 2. The molecule has 1 spiro atoms. The zero-order valence-electron chi connectivity index (χ0n) is 7.58. The van der Waals surface area contributed by atoms with Gasteiger partial charge in [-0.15, -0.1) is 12.4 Å². The lowest BCUT2D eigenvalue weighted by Crippen LogP contribution is -2.65. The van der Waals surface area contributed by atoms with Crippen molar-refractivity contribution in [1.82, 2.24) is 10.6 Å². The molecule has 2 aliphatic rings. The van der Waals surface area contributed by atoms with E-state index in [1.165, 1.54) is 0 Å². The van der Waals surface area contributed by atoms with Crippen LogP contribution in [0.3, 0.4) is 0 Å². The number of hydrogen-bond acceptors (Lipinski definition) is 3. The molecular weight excluding hydrogens is 208 g/mol. The Bertz CT molecular complexity index is 265. The first-order valence-electron chi connectivity index (χ1n) is 4.34. The van der Waals surface area contributed by atoms with Gasteiger partial charge in [-0.05, 0) is 0 Å². The smallest absolute Gasteiger partial charge is 0.308 e. The topological polar surface area (TPSA) is 78.4 Å². The van der Waals surface area contributed by atoms with Crippen molar-refractivity contribution in [1.29, 1.82) is 0 Å². The van der Waals surface area contributed by atoms with Crippen molar-refractivity contribution in [2.45, 2.75) is 6.42 Å². The summed E-state index contributed by atoms with van der Waals surface area (Å²) in [6, 6.07) is 0. The van der Waals surface area contributed by atoms with Crippen molar-refractivity contribution in [3.63, 3.8) is 0 Å². The van der Waals surface area contributed by atoms with Gasteiger partial charge in [0.05, 0.1) is 5.92 Å². The minimum absolute atomic E-state index is 0. The third kappa shape index (κ3) is 1.57. The number of aliphatic carboxylic acids is 1. The Hall–Kier alpha value is -0.810. The summed E-state index contributed by atoms with van der Waals surface area (Å²) in [6.07, 6.45) is 0.344. The molecule has 3 N–H and O–H groups in total. The Balaban J connectivity index is 0.000000980. The van der Waals surface area contributed by atoms with Crippen molar-refractivity contribution >= 4 is 24.3 Å². The second-order valence-electron chi connectivity index (χ2n) is 3.84. The fourth-order valence-electron chi connectivity index (χ4n) is 2.10. The van der Waals surface area contributed by atoms with E-state index < -0.39 is 11.9 Å². The van der Waals surface area contributed by atoms with Crippen LogP contribution in [-0.4, -0.2) is 36.6 Å². The summed E-state index contributed by atoms with van der Waals surface area (Å²) in [5, 5.41) is 14.6. The SMILES string of the molecule is Cl.O=C1CC2(CNC2)C(C(=O)O)CN1. The van der Waals surface area contributed by atoms with E-state index in [2.05, 4.69) is 10.6 Å². The molecule has 0 aliphatic carbocycles. The van der Waals surface area contributed by atoms with E-state index in [-0.39, 0.29) is 30.3 Å². The normalized spacial score (nSPS) is 28.6. The number of nitrogens with one attached hydrogen (secondary N) is 2. The monoisotopic (exact) mass is 220 g/mol. The van der Waals surface area contributed by atoms with Crippen molar-refractivity contribution in [3.8, 4) is 0 Å². The Morgan fingerprint density at radius 2 is 2.14 bits per heavy atom. The van der Waals surface area contributed by atoms with Crippen LogP contribution in [-0.2, 0) is 9.59 Å². The van der Waals surface area contributed by atoms with Crippen LogP contribution in [0.4, 0.5) is 0 Å². The number of halogens is 1. The number of carboxylic acid groups (broad SMARTS) is 1. The molecule has 2 saturated heterocycles. The highest BCUT2D eigenvalue weighted by molar-refractivity contribution is 5.85. The molecule has 2 aliphatic heterocycles. The van der Waals surface area contributed by atoms with Gasteiger partial charge in [0.25, 0.3) is 0 Å². The number of piperidine rings is 1. The van der Waals surface area contributed by atoms with Crippen molar-refractivity contribution in [2.75, 3.05) is 19.6 Å². The second kappa shape index (κ2) is 3.74. The van der Waals surface area contributed by atoms with Gasteiger partial charge in [-0.2, -0.15) is 0 Å². The molecule has 5 nitrogen and oxygen atoms in total. The van der Waals surface area contributed by atoms with Gasteiger partial charge in [0, 0.05) is 31.5 Å². The number of carbonyl (C=O) groups excluding carboxylic acids is 1. The Morgan fingerprint density at radius 1 is 1.50 bits per heavy atom. The molecule has 2 heterocycles. The summed E-state index contributed by atoms with van der Waals surface area (Å²) in [5.74, 6) is -1.26. The first-order chi connectivity index (χ1) is 6.14. The van der Waals surface area contributed by atoms with E-state index >= 15 is 0 Å². The van der Waals surface area contributed by atoms with Crippen LogP contribution >= 0.6 is 12.4 Å². The first kappa shape index (κ1) is 11.3. The van der Waals surface area contributed by atoms with Crippen LogP contribution in [0, 0.1) is 11.3 Å². The van der Waals surface area contributed by atoms with Crippen molar-refractivity contribution in [2.24, 2.45) is 11.3 Å². The Labute approximate surface area is 87.7 Å². The van der Waals surface area contributed by atoms with Crippen LogP contribution in [0.5, 0.6) is 0 Å². The standard InChI is InChI=1S/C8H12N2O3.ClH/c11-6-1-8(3-9-4-8)5(2-10-6)7(12)13;/h5,9H,1-4H2,(H,10,11)(H,12,13);1H. The average Bonchev–Trinajstić information content (AvgIpc) is 2.00. The molecule has 0 bridgehead atoms. The molecule has 0 aromatic carbocycles. The molecule has 2 rings (SSSR count). The molecule has 6 heteroatoms. The van der Waals surface area contributed by atoms with Gasteiger partial charge < -0.3 is 15.7 Å². The molecule has 80 valence electrons. The third-order valence-electron chi connectivity index (χ3n) is 3.01. The molecule has 1 unspecified atom stereocenters. The maximum absolute atomic E-state index is 11.1. The fraction of sp³-hybridized carbons (Fsp3) is 0.750. The highest BCUT2D eigenvalue weighted by Gasteiger charge is 2.51. The van der Waals surface area contributed by atoms with E-state index in [4.69, 9.17) is 5.11 Å². The van der Waals surface area contributed by atoms with Crippen LogP contribution in [0.1, 0.15) is 6.42 Å². The van der Waals surface area contributed by atoms with Crippen LogP contribution in [0.15, 0.2) is 0 Å². The summed E-state index contributed by atoms with van der Waals surface area (Å²) in [7, 11) is 0. The third-order valence-corrected chi connectivity index (χ3v) is 3.01. The van der Waals surface area contributed by atoms with E-state index in [1.54, 1.807) is 0 Å². The molecule has 0 aromatic rings. The predicted octanol–water partition coefficient (Wildman–Crippen LogP) is -0.781. The van der Waals surface area contributed by atoms with Crippen molar-refractivity contribution in [3.05, 3.63) is 0 Å². The van der Waals surface area contributed by atoms with Gasteiger partial charge in [-0.25, -0.2) is 0 Å². The van der Waals surface area contributed by atoms with E-state index in [0.717, 1.165) is 0 Å². The van der Waals surface area contributed by atoms with Crippen LogP contribution in [0.2, 0.25) is 0 Å². The lowest BCUT2D eigenvalue weighted by Gasteiger charge is -2.48. The van der Waals surface area contributed by atoms with Crippen molar-refractivity contribution < 1.29 is 14.7 Å². The number of carboxylic acids is 1. The van der Waals surface area contributed by atoms with Gasteiger partial charge in [0.1, 0.15) is 0 Å². The molecule has 1 amide bonds. The zero-order valence-corrected chi connectivity index (χ0v) is 8.39. The van der Waals surface area contributed by atoms with Gasteiger partial charge >= 0.3 is 5.97 Å². The summed E-state index contributed by atoms with van der Waals surface area (Å²) < 4.78 is 0. The molecule has 0 aromatic heterocycles. The fourth-order valence-corrected chi connectivity index (χ4v) is 2.10. The second-order valence-corrected chi connectivity index (χ2v) is 3.84. The van der Waals surface area contributed by atoms with Crippen LogP contribution < -0.4 is 10.6 Å².